The molecule has 0 radical (unpaired) electrons. The van der Waals surface area contributed by atoms with Crippen molar-refractivity contribution in [3.8, 4) is 0 Å². The zero-order valence-corrected chi connectivity index (χ0v) is 14.5. The molecule has 1 atom stereocenters. The minimum absolute atomic E-state index is 0.0634. The van der Waals surface area contributed by atoms with E-state index in [1.165, 1.54) is 10.4 Å². The number of hydrogen-bond acceptors (Lipinski definition) is 2. The molecule has 3 rings (SSSR count). The van der Waals surface area contributed by atoms with Gasteiger partial charge in [-0.25, -0.2) is 17.2 Å². The van der Waals surface area contributed by atoms with Crippen LogP contribution in [0, 0.1) is 17.7 Å². The quantitative estimate of drug-likeness (QED) is 0.740. The maximum Gasteiger partial charge on any atom is 0.246 e. The third-order valence-corrected chi connectivity index (χ3v) is 6.78. The molecule has 1 aliphatic carbocycles. The van der Waals surface area contributed by atoms with Crippen LogP contribution in [0.3, 0.4) is 0 Å². The Morgan fingerprint density at radius 2 is 1.88 bits per heavy atom. The molecule has 0 saturated carbocycles. The molecule has 1 saturated heterocycles. The van der Waals surface area contributed by atoms with Crippen LogP contribution in [0.4, 0.5) is 8.78 Å². The second kappa shape index (κ2) is 6.94. The van der Waals surface area contributed by atoms with Gasteiger partial charge in [-0.3, -0.25) is 0 Å². The van der Waals surface area contributed by atoms with E-state index in [2.05, 4.69) is 0 Å². The van der Waals surface area contributed by atoms with E-state index in [0.717, 1.165) is 12.1 Å². The van der Waals surface area contributed by atoms with Crippen molar-refractivity contribution < 1.29 is 17.2 Å². The summed E-state index contributed by atoms with van der Waals surface area (Å²) in [4.78, 5) is -0.405. The van der Waals surface area contributed by atoms with Gasteiger partial charge >= 0.3 is 0 Å². The molecule has 0 N–H and O–H groups in total. The summed E-state index contributed by atoms with van der Waals surface area (Å²) in [5.41, 5.74) is 0. The van der Waals surface area contributed by atoms with Gasteiger partial charge in [0, 0.05) is 24.0 Å². The highest BCUT2D eigenvalue weighted by Crippen LogP contribution is 2.35. The van der Waals surface area contributed by atoms with E-state index in [0.29, 0.717) is 19.3 Å². The second-order valence-corrected chi connectivity index (χ2v) is 8.44. The zero-order valence-electron chi connectivity index (χ0n) is 13.0. The fourth-order valence-corrected chi connectivity index (χ4v) is 5.10. The van der Waals surface area contributed by atoms with Gasteiger partial charge in [0.2, 0.25) is 10.0 Å². The minimum Gasteiger partial charge on any atom is -0.212 e. The Hall–Kier alpha value is -1.24. The highest BCUT2D eigenvalue weighted by Gasteiger charge is 2.34. The van der Waals surface area contributed by atoms with Crippen molar-refractivity contribution in [2.45, 2.75) is 24.2 Å². The zero-order chi connectivity index (χ0) is 17.3. The van der Waals surface area contributed by atoms with Crippen LogP contribution in [0.2, 0.25) is 5.02 Å². The summed E-state index contributed by atoms with van der Waals surface area (Å²) in [7, 11) is -3.94. The molecule has 0 spiro atoms. The van der Waals surface area contributed by atoms with Gasteiger partial charge in [-0.1, -0.05) is 23.8 Å². The predicted molar refractivity (Wildman–Crippen MR) is 89.3 cm³/mol. The molecule has 1 heterocycles. The van der Waals surface area contributed by atoms with Gasteiger partial charge in [0.15, 0.2) is 0 Å². The highest BCUT2D eigenvalue weighted by molar-refractivity contribution is 7.89. The number of sulfonamides is 1. The molecule has 2 aliphatic rings. The van der Waals surface area contributed by atoms with E-state index >= 15 is 0 Å². The van der Waals surface area contributed by atoms with Gasteiger partial charge in [-0.15, -0.1) is 0 Å². The Labute approximate surface area is 145 Å². The summed E-state index contributed by atoms with van der Waals surface area (Å²) >= 11 is 5.80. The molecule has 1 aromatic rings. The normalized spacial score (nSPS) is 23.3. The van der Waals surface area contributed by atoms with Crippen LogP contribution in [0.15, 0.2) is 47.1 Å². The molecule has 0 bridgehead atoms. The fraction of sp³-hybridized carbons (Fsp3) is 0.412. The number of benzene rings is 1. The summed E-state index contributed by atoms with van der Waals surface area (Å²) in [6.45, 7) is 0.493. The summed E-state index contributed by atoms with van der Waals surface area (Å²) in [5.74, 6) is -1.16. The summed E-state index contributed by atoms with van der Waals surface area (Å²) < 4.78 is 54.4. The molecule has 3 nitrogen and oxygen atoms in total. The average molecular weight is 374 g/mol. The van der Waals surface area contributed by atoms with E-state index in [-0.39, 0.29) is 35.8 Å². The first-order chi connectivity index (χ1) is 11.4. The Bertz CT molecular complexity index is 784. The van der Waals surface area contributed by atoms with Crippen molar-refractivity contribution in [3.63, 3.8) is 0 Å². The van der Waals surface area contributed by atoms with Gasteiger partial charge in [0.25, 0.3) is 0 Å². The SMILES string of the molecule is O=S(=O)(c1cc(Cl)ccc1F)N1CCC(C2C=CCC=C2F)CC1. The van der Waals surface area contributed by atoms with Crippen LogP contribution < -0.4 is 0 Å². The number of halogens is 3. The van der Waals surface area contributed by atoms with E-state index in [9.17, 15) is 17.2 Å². The van der Waals surface area contributed by atoms with Crippen molar-refractivity contribution >= 4 is 21.6 Å². The standard InChI is InChI=1S/C17H18ClF2NO2S/c18-13-5-6-16(20)17(11-13)24(22,23)21-9-7-12(8-10-21)14-3-1-2-4-15(14)19/h1,3-6,11-12,14H,2,7-10H2. The van der Waals surface area contributed by atoms with Crippen molar-refractivity contribution in [2.24, 2.45) is 11.8 Å². The van der Waals surface area contributed by atoms with Crippen LogP contribution in [0.25, 0.3) is 0 Å². The van der Waals surface area contributed by atoms with Gasteiger partial charge in [-0.05, 0) is 49.5 Å². The van der Waals surface area contributed by atoms with Crippen LogP contribution in [-0.4, -0.2) is 25.8 Å². The Kier molecular flexibility index (Phi) is 5.08. The monoisotopic (exact) mass is 373 g/mol. The first kappa shape index (κ1) is 17.6. The Morgan fingerprint density at radius 1 is 1.17 bits per heavy atom. The van der Waals surface area contributed by atoms with Crippen LogP contribution >= 0.6 is 11.6 Å². The lowest BCUT2D eigenvalue weighted by molar-refractivity contribution is 0.231. The largest absolute Gasteiger partial charge is 0.246 e. The minimum atomic E-state index is -3.94. The number of allylic oxidation sites excluding steroid dienone is 4. The van der Waals surface area contributed by atoms with Crippen LogP contribution in [0.1, 0.15) is 19.3 Å². The summed E-state index contributed by atoms with van der Waals surface area (Å²) in [6.07, 6.45) is 7.03. The second-order valence-electron chi connectivity index (χ2n) is 6.09. The Morgan fingerprint density at radius 3 is 2.54 bits per heavy atom. The van der Waals surface area contributed by atoms with Crippen molar-refractivity contribution in [1.82, 2.24) is 4.31 Å². The molecule has 0 aromatic heterocycles. The number of rotatable bonds is 3. The van der Waals surface area contributed by atoms with Crippen molar-refractivity contribution in [3.05, 3.63) is 53.1 Å². The summed E-state index contributed by atoms with van der Waals surface area (Å²) in [5, 5.41) is 0.171. The molecule has 0 amide bonds. The van der Waals surface area contributed by atoms with E-state index < -0.39 is 20.7 Å². The predicted octanol–water partition coefficient (Wildman–Crippen LogP) is 4.31. The molecule has 24 heavy (non-hydrogen) atoms. The molecule has 1 unspecified atom stereocenters. The van der Waals surface area contributed by atoms with Gasteiger partial charge in [0.05, 0.1) is 0 Å². The molecule has 1 fully saturated rings. The van der Waals surface area contributed by atoms with Gasteiger partial charge in [-0.2, -0.15) is 4.31 Å². The first-order valence-corrected chi connectivity index (χ1v) is 9.69. The number of nitrogens with zero attached hydrogens (tertiary/aromatic N) is 1. The maximum absolute atomic E-state index is 13.9. The molecule has 1 aromatic carbocycles. The molecular formula is C17H18ClF2NO2S. The Balaban J connectivity index is 1.74. The third-order valence-electron chi connectivity index (χ3n) is 4.63. The maximum atomic E-state index is 13.9. The van der Waals surface area contributed by atoms with Gasteiger partial charge < -0.3 is 0 Å². The molecule has 1 aliphatic heterocycles. The van der Waals surface area contributed by atoms with Crippen LogP contribution in [0.5, 0.6) is 0 Å². The van der Waals surface area contributed by atoms with E-state index in [4.69, 9.17) is 11.6 Å². The average Bonchev–Trinajstić information content (AvgIpc) is 2.57. The summed E-state index contributed by atoms with van der Waals surface area (Å²) in [6, 6.07) is 3.49. The molecule has 130 valence electrons. The number of hydrogen-bond donors (Lipinski definition) is 0. The van der Waals surface area contributed by atoms with E-state index in [1.807, 2.05) is 12.2 Å². The highest BCUT2D eigenvalue weighted by atomic mass is 35.5. The van der Waals surface area contributed by atoms with Crippen molar-refractivity contribution in [2.75, 3.05) is 13.1 Å². The fourth-order valence-electron chi connectivity index (χ4n) is 3.31. The lowest BCUT2D eigenvalue weighted by atomic mass is 9.82. The molecular weight excluding hydrogens is 356 g/mol. The van der Waals surface area contributed by atoms with Crippen LogP contribution in [-0.2, 0) is 10.0 Å². The third kappa shape index (κ3) is 3.41. The number of piperidine rings is 1. The lowest BCUT2D eigenvalue weighted by Gasteiger charge is -2.34. The van der Waals surface area contributed by atoms with Crippen molar-refractivity contribution in [1.29, 1.82) is 0 Å². The van der Waals surface area contributed by atoms with Gasteiger partial charge in [0.1, 0.15) is 16.5 Å². The topological polar surface area (TPSA) is 37.4 Å². The molecule has 7 heteroatoms. The first-order valence-electron chi connectivity index (χ1n) is 7.87. The lowest BCUT2D eigenvalue weighted by Crippen LogP contribution is -2.40. The van der Waals surface area contributed by atoms with E-state index in [1.54, 1.807) is 6.08 Å². The smallest absolute Gasteiger partial charge is 0.212 e.